The highest BCUT2D eigenvalue weighted by Gasteiger charge is 2.36. The number of fused-ring (bicyclic) bond motifs is 2. The first-order valence-electron chi connectivity index (χ1n) is 12.5. The molecule has 4 amide bonds. The van der Waals surface area contributed by atoms with Gasteiger partial charge in [-0.2, -0.15) is 0 Å². The van der Waals surface area contributed by atoms with Crippen molar-refractivity contribution in [1.29, 1.82) is 0 Å². The van der Waals surface area contributed by atoms with Gasteiger partial charge in [-0.3, -0.25) is 24.1 Å². The molecule has 2 aliphatic heterocycles. The van der Waals surface area contributed by atoms with Crippen LogP contribution in [-0.4, -0.2) is 45.8 Å². The summed E-state index contributed by atoms with van der Waals surface area (Å²) in [6, 6.07) is 17.5. The third kappa shape index (κ3) is 5.73. The molecule has 0 spiro atoms. The van der Waals surface area contributed by atoms with Crippen molar-refractivity contribution in [1.82, 2.24) is 9.47 Å². The van der Waals surface area contributed by atoms with Crippen LogP contribution in [0.15, 0.2) is 76.2 Å². The molecule has 1 fully saturated rings. The van der Waals surface area contributed by atoms with Crippen LogP contribution >= 0.6 is 39.3 Å². The molecule has 1 saturated heterocycles. The maximum atomic E-state index is 13.1. The Morgan fingerprint density at radius 2 is 1.67 bits per heavy atom. The van der Waals surface area contributed by atoms with Crippen LogP contribution in [0.4, 0.5) is 16.2 Å². The van der Waals surface area contributed by atoms with Gasteiger partial charge in [0.15, 0.2) is 11.5 Å². The Morgan fingerprint density at radius 1 is 0.952 bits per heavy atom. The fourth-order valence-electron chi connectivity index (χ4n) is 4.55. The van der Waals surface area contributed by atoms with Crippen molar-refractivity contribution in [2.24, 2.45) is 0 Å². The van der Waals surface area contributed by atoms with Crippen LogP contribution in [0.1, 0.15) is 5.56 Å². The lowest BCUT2D eigenvalue weighted by Crippen LogP contribution is -2.36. The van der Waals surface area contributed by atoms with Crippen LogP contribution < -0.4 is 20.1 Å². The van der Waals surface area contributed by atoms with E-state index in [1.54, 1.807) is 53.2 Å². The topological polar surface area (TPSA) is 119 Å². The normalized spacial score (nSPS) is 15.1. The molecule has 10 nitrogen and oxygen atoms in total. The Labute approximate surface area is 256 Å². The summed E-state index contributed by atoms with van der Waals surface area (Å²) in [5.41, 5.74) is 2.44. The number of halogens is 2. The molecule has 0 radical (unpaired) electrons. The van der Waals surface area contributed by atoms with Crippen LogP contribution in [0.5, 0.6) is 11.5 Å². The second kappa shape index (κ2) is 11.6. The standard InChI is InChI=1S/C29H20BrClN4O6S/c30-20-7-5-17(10-21(20)31)32-27(37)14-35-28(38)25(42-29(35)39)9-16-12-34(22-4-2-1-3-19(16)22)13-26(36)33-18-6-8-23-24(11-18)41-15-40-23/h1-12H,13-15H2,(H,32,37)(H,33,36)/b25-9-. The van der Waals surface area contributed by atoms with Crippen LogP contribution in [0.2, 0.25) is 5.02 Å². The molecule has 42 heavy (non-hydrogen) atoms. The van der Waals surface area contributed by atoms with Crippen molar-refractivity contribution in [2.75, 3.05) is 24.0 Å². The SMILES string of the molecule is O=C(CN1C(=O)S/C(=C\c2cn(CC(=O)Nc3ccc4c(c3)OCO4)c3ccccc23)C1=O)Nc1ccc(Br)c(Cl)c1. The predicted octanol–water partition coefficient (Wildman–Crippen LogP) is 6.10. The van der Waals surface area contributed by atoms with Crippen LogP contribution in [0.25, 0.3) is 17.0 Å². The Balaban J connectivity index is 1.17. The van der Waals surface area contributed by atoms with E-state index in [2.05, 4.69) is 26.6 Å². The summed E-state index contributed by atoms with van der Waals surface area (Å²) in [6.07, 6.45) is 3.35. The number of nitrogens with zero attached hydrogens (tertiary/aromatic N) is 2. The number of amides is 4. The molecular formula is C29H20BrClN4O6S. The van der Waals surface area contributed by atoms with Gasteiger partial charge in [-0.1, -0.05) is 29.8 Å². The number of ether oxygens (including phenoxy) is 2. The van der Waals surface area contributed by atoms with E-state index in [0.29, 0.717) is 37.9 Å². The summed E-state index contributed by atoms with van der Waals surface area (Å²) >= 11 is 10.1. The molecule has 4 aromatic rings. The molecule has 2 N–H and O–H groups in total. The van der Waals surface area contributed by atoms with Crippen molar-refractivity contribution in [3.63, 3.8) is 0 Å². The first-order chi connectivity index (χ1) is 20.2. The number of aromatic nitrogens is 1. The number of thioether (sulfide) groups is 1. The Kier molecular flexibility index (Phi) is 7.67. The van der Waals surface area contributed by atoms with E-state index >= 15 is 0 Å². The molecule has 2 aliphatic rings. The van der Waals surface area contributed by atoms with Gasteiger partial charge < -0.3 is 24.7 Å². The van der Waals surface area contributed by atoms with Gasteiger partial charge in [0.1, 0.15) is 13.1 Å². The van der Waals surface area contributed by atoms with Gasteiger partial charge in [0.05, 0.1) is 9.93 Å². The largest absolute Gasteiger partial charge is 0.454 e. The minimum Gasteiger partial charge on any atom is -0.454 e. The lowest BCUT2D eigenvalue weighted by Gasteiger charge is -2.12. The lowest BCUT2D eigenvalue weighted by molar-refractivity contribution is -0.127. The minimum atomic E-state index is -0.577. The zero-order valence-electron chi connectivity index (χ0n) is 21.6. The van der Waals surface area contributed by atoms with Gasteiger partial charge in [0, 0.05) is 44.6 Å². The van der Waals surface area contributed by atoms with Gasteiger partial charge in [-0.25, -0.2) is 0 Å². The number of carbonyl (C=O) groups is 4. The molecule has 212 valence electrons. The van der Waals surface area contributed by atoms with Crippen LogP contribution in [0.3, 0.4) is 0 Å². The second-order valence-electron chi connectivity index (χ2n) is 9.29. The third-order valence-electron chi connectivity index (χ3n) is 6.45. The number of imide groups is 1. The summed E-state index contributed by atoms with van der Waals surface area (Å²) in [6.45, 7) is -0.305. The molecule has 0 aliphatic carbocycles. The zero-order valence-corrected chi connectivity index (χ0v) is 24.7. The summed E-state index contributed by atoms with van der Waals surface area (Å²) in [4.78, 5) is 52.4. The lowest BCUT2D eigenvalue weighted by atomic mass is 10.1. The molecule has 3 aromatic carbocycles. The van der Waals surface area contributed by atoms with E-state index in [9.17, 15) is 19.2 Å². The van der Waals surface area contributed by atoms with Crippen molar-refractivity contribution < 1.29 is 28.7 Å². The summed E-state index contributed by atoms with van der Waals surface area (Å²) < 4.78 is 13.1. The first-order valence-corrected chi connectivity index (χ1v) is 14.5. The van der Waals surface area contributed by atoms with Gasteiger partial charge in [0.2, 0.25) is 18.6 Å². The van der Waals surface area contributed by atoms with Gasteiger partial charge in [-0.05, 0) is 70.2 Å². The molecule has 0 bridgehead atoms. The highest BCUT2D eigenvalue weighted by atomic mass is 79.9. The van der Waals surface area contributed by atoms with E-state index in [4.69, 9.17) is 21.1 Å². The third-order valence-corrected chi connectivity index (χ3v) is 8.59. The number of anilines is 2. The minimum absolute atomic E-state index is 0.00448. The fourth-order valence-corrected chi connectivity index (χ4v) is 5.80. The Bertz CT molecular complexity index is 1820. The fraction of sp³-hybridized carbons (Fsp3) is 0.103. The van der Waals surface area contributed by atoms with E-state index in [-0.39, 0.29) is 24.2 Å². The molecular weight excluding hydrogens is 648 g/mol. The predicted molar refractivity (Wildman–Crippen MR) is 164 cm³/mol. The zero-order chi connectivity index (χ0) is 29.4. The average molecular weight is 668 g/mol. The highest BCUT2D eigenvalue weighted by Crippen LogP contribution is 2.35. The first kappa shape index (κ1) is 27.9. The number of para-hydroxylation sites is 1. The van der Waals surface area contributed by atoms with Crippen molar-refractivity contribution in [2.45, 2.75) is 6.54 Å². The van der Waals surface area contributed by atoms with Crippen LogP contribution in [0, 0.1) is 0 Å². The number of hydrogen-bond donors (Lipinski definition) is 2. The number of nitrogens with one attached hydrogen (secondary N) is 2. The van der Waals surface area contributed by atoms with E-state index in [1.165, 1.54) is 0 Å². The van der Waals surface area contributed by atoms with E-state index in [0.717, 1.165) is 27.6 Å². The number of hydrogen-bond acceptors (Lipinski definition) is 7. The molecule has 6 rings (SSSR count). The maximum absolute atomic E-state index is 13.1. The van der Waals surface area contributed by atoms with Gasteiger partial charge >= 0.3 is 0 Å². The average Bonchev–Trinajstić information content (AvgIpc) is 3.64. The summed E-state index contributed by atoms with van der Waals surface area (Å²) in [7, 11) is 0. The second-order valence-corrected chi connectivity index (χ2v) is 11.5. The molecule has 0 unspecified atom stereocenters. The summed E-state index contributed by atoms with van der Waals surface area (Å²) in [5, 5.41) is 6.16. The maximum Gasteiger partial charge on any atom is 0.294 e. The highest BCUT2D eigenvalue weighted by molar-refractivity contribution is 9.10. The number of rotatable bonds is 7. The quantitative estimate of drug-likeness (QED) is 0.229. The Hall–Kier alpha value is -4.26. The number of carbonyl (C=O) groups excluding carboxylic acids is 4. The van der Waals surface area contributed by atoms with E-state index in [1.807, 2.05) is 24.3 Å². The monoisotopic (exact) mass is 666 g/mol. The van der Waals surface area contributed by atoms with Gasteiger partial charge in [-0.15, -0.1) is 0 Å². The van der Waals surface area contributed by atoms with Crippen molar-refractivity contribution >= 4 is 90.6 Å². The van der Waals surface area contributed by atoms with E-state index < -0.39 is 23.6 Å². The summed E-state index contributed by atoms with van der Waals surface area (Å²) in [5.74, 6) is -0.202. The molecule has 3 heterocycles. The number of benzene rings is 3. The molecule has 13 heteroatoms. The smallest absolute Gasteiger partial charge is 0.294 e. The van der Waals surface area contributed by atoms with Crippen molar-refractivity contribution in [3.05, 3.63) is 86.8 Å². The molecule has 0 atom stereocenters. The van der Waals surface area contributed by atoms with Crippen molar-refractivity contribution in [3.8, 4) is 11.5 Å². The van der Waals surface area contributed by atoms with Crippen LogP contribution in [-0.2, 0) is 20.9 Å². The van der Waals surface area contributed by atoms with Gasteiger partial charge in [0.25, 0.3) is 11.1 Å². The molecule has 0 saturated carbocycles. The molecule has 1 aromatic heterocycles. The Morgan fingerprint density at radius 3 is 2.48 bits per heavy atom.